The van der Waals surface area contributed by atoms with Gasteiger partial charge in [0.05, 0.1) is 0 Å². The summed E-state index contributed by atoms with van der Waals surface area (Å²) in [4.78, 5) is 2.29. The van der Waals surface area contributed by atoms with E-state index in [0.29, 0.717) is 0 Å². The second-order valence-corrected chi connectivity index (χ2v) is 5.51. The summed E-state index contributed by atoms with van der Waals surface area (Å²) in [5, 5.41) is 0.764. The number of benzene rings is 2. The molecule has 3 rings (SSSR count). The third-order valence-corrected chi connectivity index (χ3v) is 3.79. The first kappa shape index (κ1) is 12.5. The summed E-state index contributed by atoms with van der Waals surface area (Å²) >= 11 is 6.11. The smallest absolute Gasteiger partial charge is 0.123 e. The topological polar surface area (TPSA) is 3.24 Å². The minimum Gasteiger partial charge on any atom is -0.367 e. The van der Waals surface area contributed by atoms with E-state index in [0.717, 1.165) is 41.3 Å². The molecule has 0 radical (unpaired) electrons. The number of fused-ring (bicyclic) bond motifs is 1. The van der Waals surface area contributed by atoms with Crippen LogP contribution in [0.1, 0.15) is 16.7 Å². The molecule has 0 saturated heterocycles. The van der Waals surface area contributed by atoms with Crippen molar-refractivity contribution in [3.63, 3.8) is 0 Å². The van der Waals surface area contributed by atoms with Crippen LogP contribution in [0.2, 0.25) is 5.02 Å². The van der Waals surface area contributed by atoms with Gasteiger partial charge in [-0.3, -0.25) is 0 Å². The first-order valence-electron chi connectivity index (χ1n) is 6.41. The van der Waals surface area contributed by atoms with Crippen LogP contribution in [0, 0.1) is 12.7 Å². The molecule has 98 valence electrons. The molecule has 1 aliphatic heterocycles. The molecule has 2 aromatic carbocycles. The van der Waals surface area contributed by atoms with Gasteiger partial charge in [-0.05, 0) is 60.4 Å². The zero-order valence-corrected chi connectivity index (χ0v) is 11.5. The van der Waals surface area contributed by atoms with Gasteiger partial charge in [0.25, 0.3) is 0 Å². The van der Waals surface area contributed by atoms with Crippen LogP contribution in [-0.2, 0) is 13.0 Å². The predicted octanol–water partition coefficient (Wildman–Crippen LogP) is 4.35. The fourth-order valence-electron chi connectivity index (χ4n) is 2.64. The number of anilines is 1. The van der Waals surface area contributed by atoms with E-state index < -0.39 is 0 Å². The van der Waals surface area contributed by atoms with E-state index in [1.54, 1.807) is 6.07 Å². The molecule has 0 aromatic heterocycles. The molecular weight excluding hydrogens is 261 g/mol. The Bertz CT molecular complexity index is 604. The maximum Gasteiger partial charge on any atom is 0.123 e. The first-order valence-corrected chi connectivity index (χ1v) is 6.79. The first-order chi connectivity index (χ1) is 9.11. The molecule has 1 nitrogen and oxygen atoms in total. The Morgan fingerprint density at radius 1 is 1.11 bits per heavy atom. The Kier molecular flexibility index (Phi) is 3.19. The van der Waals surface area contributed by atoms with Gasteiger partial charge in [-0.2, -0.15) is 0 Å². The van der Waals surface area contributed by atoms with Crippen LogP contribution in [0.4, 0.5) is 10.1 Å². The van der Waals surface area contributed by atoms with E-state index in [1.165, 1.54) is 11.6 Å². The predicted molar refractivity (Wildman–Crippen MR) is 77.3 cm³/mol. The second-order valence-electron chi connectivity index (χ2n) is 5.07. The number of hydrogen-bond acceptors (Lipinski definition) is 1. The van der Waals surface area contributed by atoms with Crippen molar-refractivity contribution in [3.05, 3.63) is 63.9 Å². The van der Waals surface area contributed by atoms with E-state index in [1.807, 2.05) is 25.1 Å². The fourth-order valence-corrected chi connectivity index (χ4v) is 2.93. The van der Waals surface area contributed by atoms with Crippen LogP contribution in [0.3, 0.4) is 0 Å². The van der Waals surface area contributed by atoms with Crippen LogP contribution in [-0.4, -0.2) is 6.54 Å². The highest BCUT2D eigenvalue weighted by Gasteiger charge is 2.17. The SMILES string of the molecule is Cc1cc(Cl)cc(N2CCc3cc(F)ccc3C2)c1. The van der Waals surface area contributed by atoms with Gasteiger partial charge in [-0.1, -0.05) is 17.7 Å². The summed E-state index contributed by atoms with van der Waals surface area (Å²) in [6.07, 6.45) is 0.874. The molecule has 0 unspecified atom stereocenters. The van der Waals surface area contributed by atoms with Crippen molar-refractivity contribution >= 4 is 17.3 Å². The van der Waals surface area contributed by atoms with Crippen molar-refractivity contribution in [1.82, 2.24) is 0 Å². The number of rotatable bonds is 1. The lowest BCUT2D eigenvalue weighted by Gasteiger charge is -2.31. The summed E-state index contributed by atoms with van der Waals surface area (Å²) in [5.41, 5.74) is 4.62. The van der Waals surface area contributed by atoms with Gasteiger partial charge in [0, 0.05) is 23.8 Å². The number of halogens is 2. The van der Waals surface area contributed by atoms with Gasteiger partial charge in [-0.15, -0.1) is 0 Å². The molecule has 0 bridgehead atoms. The van der Waals surface area contributed by atoms with Gasteiger partial charge in [0.1, 0.15) is 5.82 Å². The van der Waals surface area contributed by atoms with E-state index in [2.05, 4.69) is 11.0 Å². The lowest BCUT2D eigenvalue weighted by molar-refractivity contribution is 0.619. The lowest BCUT2D eigenvalue weighted by Crippen LogP contribution is -2.30. The molecule has 1 heterocycles. The fraction of sp³-hybridized carbons (Fsp3) is 0.250. The molecule has 1 aliphatic rings. The van der Waals surface area contributed by atoms with E-state index in [9.17, 15) is 4.39 Å². The molecule has 0 amide bonds. The Hall–Kier alpha value is -1.54. The van der Waals surface area contributed by atoms with Crippen molar-refractivity contribution in [2.45, 2.75) is 19.9 Å². The Morgan fingerprint density at radius 3 is 2.74 bits per heavy atom. The normalized spacial score (nSPS) is 14.4. The average molecular weight is 276 g/mol. The second kappa shape index (κ2) is 4.86. The molecule has 0 atom stereocenters. The Labute approximate surface area is 117 Å². The monoisotopic (exact) mass is 275 g/mol. The lowest BCUT2D eigenvalue weighted by atomic mass is 9.99. The minimum absolute atomic E-state index is 0.147. The molecule has 3 heteroatoms. The summed E-state index contributed by atoms with van der Waals surface area (Å²) in [6, 6.07) is 11.2. The van der Waals surface area contributed by atoms with Crippen molar-refractivity contribution in [1.29, 1.82) is 0 Å². The summed E-state index contributed by atoms with van der Waals surface area (Å²) in [7, 11) is 0. The minimum atomic E-state index is -0.147. The van der Waals surface area contributed by atoms with Crippen LogP contribution < -0.4 is 4.90 Å². The quantitative estimate of drug-likeness (QED) is 0.748. The highest BCUT2D eigenvalue weighted by Crippen LogP contribution is 2.28. The maximum absolute atomic E-state index is 13.2. The van der Waals surface area contributed by atoms with Crippen LogP contribution >= 0.6 is 11.6 Å². The van der Waals surface area contributed by atoms with Crippen molar-refractivity contribution < 1.29 is 4.39 Å². The molecule has 0 saturated carbocycles. The van der Waals surface area contributed by atoms with Gasteiger partial charge >= 0.3 is 0 Å². The highest BCUT2D eigenvalue weighted by atomic mass is 35.5. The number of hydrogen-bond donors (Lipinski definition) is 0. The van der Waals surface area contributed by atoms with E-state index in [-0.39, 0.29) is 5.82 Å². The number of aryl methyl sites for hydroxylation is 1. The standard InChI is InChI=1S/C16H15ClFN/c1-11-6-14(17)9-16(7-11)19-5-4-12-8-15(18)3-2-13(12)10-19/h2-3,6-9H,4-5,10H2,1H3. The van der Waals surface area contributed by atoms with Gasteiger partial charge in [0.15, 0.2) is 0 Å². The third kappa shape index (κ3) is 2.59. The van der Waals surface area contributed by atoms with Crippen molar-refractivity contribution in [2.75, 3.05) is 11.4 Å². The number of nitrogens with zero attached hydrogens (tertiary/aromatic N) is 1. The largest absolute Gasteiger partial charge is 0.367 e. The van der Waals surface area contributed by atoms with Gasteiger partial charge in [-0.25, -0.2) is 4.39 Å². The zero-order valence-electron chi connectivity index (χ0n) is 10.8. The van der Waals surface area contributed by atoms with Gasteiger partial charge in [0.2, 0.25) is 0 Å². The summed E-state index contributed by atoms with van der Waals surface area (Å²) < 4.78 is 13.2. The van der Waals surface area contributed by atoms with Crippen molar-refractivity contribution in [2.24, 2.45) is 0 Å². The van der Waals surface area contributed by atoms with Crippen LogP contribution in [0.5, 0.6) is 0 Å². The van der Waals surface area contributed by atoms with Gasteiger partial charge < -0.3 is 4.90 Å². The van der Waals surface area contributed by atoms with Crippen molar-refractivity contribution in [3.8, 4) is 0 Å². The molecule has 2 aromatic rings. The molecule has 0 spiro atoms. The Morgan fingerprint density at radius 2 is 1.95 bits per heavy atom. The molecule has 0 aliphatic carbocycles. The molecular formula is C16H15ClFN. The van der Waals surface area contributed by atoms with Crippen LogP contribution in [0.25, 0.3) is 0 Å². The maximum atomic E-state index is 13.2. The summed E-state index contributed by atoms with van der Waals surface area (Å²) in [6.45, 7) is 3.76. The highest BCUT2D eigenvalue weighted by molar-refractivity contribution is 6.30. The zero-order chi connectivity index (χ0) is 13.4. The van der Waals surface area contributed by atoms with Crippen LogP contribution in [0.15, 0.2) is 36.4 Å². The molecule has 0 fully saturated rings. The summed E-state index contributed by atoms with van der Waals surface area (Å²) in [5.74, 6) is -0.147. The average Bonchev–Trinajstić information content (AvgIpc) is 2.37. The Balaban J connectivity index is 1.91. The molecule has 0 N–H and O–H groups in total. The van der Waals surface area contributed by atoms with E-state index >= 15 is 0 Å². The third-order valence-electron chi connectivity index (χ3n) is 3.57. The van der Waals surface area contributed by atoms with E-state index in [4.69, 9.17) is 11.6 Å². The molecule has 19 heavy (non-hydrogen) atoms.